The van der Waals surface area contributed by atoms with Crippen LogP contribution < -0.4 is 0 Å². The second kappa shape index (κ2) is 5.57. The molecule has 22 heavy (non-hydrogen) atoms. The van der Waals surface area contributed by atoms with Crippen LogP contribution in [0.3, 0.4) is 0 Å². The standard InChI is InChI=1S/C13H21F3O6/c1-11(2)19-5-6(20-11)7(17)8-9(10(18)13(14,15)16)22-12(3,4)21-8/h6-10,17-18H,5H2,1-4H3/t6-,7-,8+,9+,10-/m1/s1. The summed E-state index contributed by atoms with van der Waals surface area (Å²) in [5.41, 5.74) is 0. The predicted molar refractivity (Wildman–Crippen MR) is 66.8 cm³/mol. The molecule has 2 rings (SSSR count). The van der Waals surface area contributed by atoms with E-state index in [9.17, 15) is 23.4 Å². The molecule has 0 aromatic rings. The first-order valence-corrected chi connectivity index (χ1v) is 6.93. The van der Waals surface area contributed by atoms with E-state index in [2.05, 4.69) is 0 Å². The van der Waals surface area contributed by atoms with Crippen LogP contribution in [0, 0.1) is 0 Å². The zero-order chi connectivity index (χ0) is 16.9. The van der Waals surface area contributed by atoms with Gasteiger partial charge >= 0.3 is 6.18 Å². The molecule has 2 heterocycles. The minimum Gasteiger partial charge on any atom is -0.387 e. The van der Waals surface area contributed by atoms with Gasteiger partial charge in [-0.15, -0.1) is 0 Å². The molecule has 5 atom stereocenters. The first-order valence-electron chi connectivity index (χ1n) is 6.93. The Bertz CT molecular complexity index is 411. The van der Waals surface area contributed by atoms with Crippen molar-refractivity contribution in [3.8, 4) is 0 Å². The molecular formula is C13H21F3O6. The number of aliphatic hydroxyl groups is 2. The van der Waals surface area contributed by atoms with Crippen molar-refractivity contribution in [2.24, 2.45) is 0 Å². The molecule has 2 aliphatic heterocycles. The van der Waals surface area contributed by atoms with E-state index in [1.54, 1.807) is 13.8 Å². The van der Waals surface area contributed by atoms with E-state index >= 15 is 0 Å². The maximum Gasteiger partial charge on any atom is 0.417 e. The minimum absolute atomic E-state index is 0.00326. The normalized spacial score (nSPS) is 37.2. The lowest BCUT2D eigenvalue weighted by Crippen LogP contribution is -2.52. The van der Waals surface area contributed by atoms with Crippen molar-refractivity contribution in [2.45, 2.75) is 76.0 Å². The van der Waals surface area contributed by atoms with E-state index in [0.717, 1.165) is 0 Å². The van der Waals surface area contributed by atoms with Crippen molar-refractivity contribution in [3.63, 3.8) is 0 Å². The maximum absolute atomic E-state index is 12.8. The van der Waals surface area contributed by atoms with E-state index in [0.29, 0.717) is 0 Å². The number of aliphatic hydroxyl groups excluding tert-OH is 2. The van der Waals surface area contributed by atoms with Crippen molar-refractivity contribution >= 4 is 0 Å². The number of ether oxygens (including phenoxy) is 4. The SMILES string of the molecule is CC1(C)O[C@@H]([C@H](O)[C@H]2COC(C)(C)O2)[C@@H]([C@@H](O)C(F)(F)F)O1. The van der Waals surface area contributed by atoms with Crippen LogP contribution in [-0.2, 0) is 18.9 Å². The third-order valence-electron chi connectivity index (χ3n) is 3.56. The van der Waals surface area contributed by atoms with Crippen molar-refractivity contribution in [1.29, 1.82) is 0 Å². The quantitative estimate of drug-likeness (QED) is 0.802. The van der Waals surface area contributed by atoms with E-state index < -0.39 is 48.3 Å². The molecule has 2 N–H and O–H groups in total. The monoisotopic (exact) mass is 330 g/mol. The summed E-state index contributed by atoms with van der Waals surface area (Å²) >= 11 is 0. The van der Waals surface area contributed by atoms with E-state index in [-0.39, 0.29) is 6.61 Å². The van der Waals surface area contributed by atoms with Crippen LogP contribution in [0.4, 0.5) is 13.2 Å². The largest absolute Gasteiger partial charge is 0.417 e. The summed E-state index contributed by atoms with van der Waals surface area (Å²) in [4.78, 5) is 0. The Labute approximate surface area is 126 Å². The second-order valence-electron chi connectivity index (χ2n) is 6.41. The highest BCUT2D eigenvalue weighted by molar-refractivity contribution is 4.96. The molecule has 2 fully saturated rings. The van der Waals surface area contributed by atoms with Crippen LogP contribution in [0.25, 0.3) is 0 Å². The Balaban J connectivity index is 2.16. The maximum atomic E-state index is 12.8. The van der Waals surface area contributed by atoms with Crippen molar-refractivity contribution < 1.29 is 42.3 Å². The first-order chi connectivity index (χ1) is 9.82. The van der Waals surface area contributed by atoms with E-state index in [1.165, 1.54) is 13.8 Å². The molecule has 130 valence electrons. The summed E-state index contributed by atoms with van der Waals surface area (Å²) in [7, 11) is 0. The number of halogens is 3. The average molecular weight is 330 g/mol. The molecule has 6 nitrogen and oxygen atoms in total. The first kappa shape index (κ1) is 17.9. The van der Waals surface area contributed by atoms with Crippen molar-refractivity contribution in [1.82, 2.24) is 0 Å². The third kappa shape index (κ3) is 3.72. The van der Waals surface area contributed by atoms with Gasteiger partial charge in [0.15, 0.2) is 17.7 Å². The smallest absolute Gasteiger partial charge is 0.387 e. The number of alkyl halides is 3. The summed E-state index contributed by atoms with van der Waals surface area (Å²) in [6.07, 6.45) is -13.1. The summed E-state index contributed by atoms with van der Waals surface area (Å²) in [5.74, 6) is -2.31. The van der Waals surface area contributed by atoms with Gasteiger partial charge in [-0.25, -0.2) is 0 Å². The molecule has 0 radical (unpaired) electrons. The molecule has 0 aromatic heterocycles. The topological polar surface area (TPSA) is 77.4 Å². The second-order valence-corrected chi connectivity index (χ2v) is 6.41. The predicted octanol–water partition coefficient (Wildman–Crippen LogP) is 0.942. The summed E-state index contributed by atoms with van der Waals surface area (Å²) in [5, 5.41) is 19.8. The zero-order valence-corrected chi connectivity index (χ0v) is 12.8. The van der Waals surface area contributed by atoms with Gasteiger partial charge in [-0.1, -0.05) is 0 Å². The van der Waals surface area contributed by atoms with Gasteiger partial charge in [0.1, 0.15) is 24.4 Å². The van der Waals surface area contributed by atoms with Crippen molar-refractivity contribution in [3.05, 3.63) is 0 Å². The van der Waals surface area contributed by atoms with Gasteiger partial charge in [0.2, 0.25) is 0 Å². The summed E-state index contributed by atoms with van der Waals surface area (Å²) in [6.45, 7) is 6.07. The lowest BCUT2D eigenvalue weighted by molar-refractivity contribution is -0.243. The number of rotatable bonds is 3. The van der Waals surface area contributed by atoms with Crippen LogP contribution >= 0.6 is 0 Å². The molecule has 2 saturated heterocycles. The minimum atomic E-state index is -4.89. The molecule has 0 spiro atoms. The van der Waals surface area contributed by atoms with Gasteiger partial charge in [-0.05, 0) is 27.7 Å². The third-order valence-corrected chi connectivity index (χ3v) is 3.56. The highest BCUT2D eigenvalue weighted by Gasteiger charge is 2.57. The van der Waals surface area contributed by atoms with Crippen LogP contribution in [0.15, 0.2) is 0 Å². The molecule has 2 aliphatic rings. The zero-order valence-electron chi connectivity index (χ0n) is 12.8. The van der Waals surface area contributed by atoms with Gasteiger partial charge in [0.05, 0.1) is 6.61 Å². The summed E-state index contributed by atoms with van der Waals surface area (Å²) in [6, 6.07) is 0. The van der Waals surface area contributed by atoms with Gasteiger partial charge < -0.3 is 29.2 Å². The van der Waals surface area contributed by atoms with Gasteiger partial charge in [-0.2, -0.15) is 13.2 Å². The van der Waals surface area contributed by atoms with Crippen LogP contribution in [-0.4, -0.2) is 65.1 Å². The Morgan fingerprint density at radius 2 is 1.50 bits per heavy atom. The van der Waals surface area contributed by atoms with Gasteiger partial charge in [0, 0.05) is 0 Å². The molecule has 0 bridgehead atoms. The fourth-order valence-corrected chi connectivity index (χ4v) is 2.61. The lowest BCUT2D eigenvalue weighted by atomic mass is 9.99. The fourth-order valence-electron chi connectivity index (χ4n) is 2.61. The van der Waals surface area contributed by atoms with E-state index in [1.807, 2.05) is 0 Å². The Kier molecular flexibility index (Phi) is 4.53. The highest BCUT2D eigenvalue weighted by Crippen LogP contribution is 2.38. The Morgan fingerprint density at radius 3 is 1.95 bits per heavy atom. The molecule has 0 unspecified atom stereocenters. The van der Waals surface area contributed by atoms with Gasteiger partial charge in [0.25, 0.3) is 0 Å². The van der Waals surface area contributed by atoms with Crippen LogP contribution in [0.2, 0.25) is 0 Å². The number of hydrogen-bond donors (Lipinski definition) is 2. The fraction of sp³-hybridized carbons (Fsp3) is 1.00. The van der Waals surface area contributed by atoms with Crippen molar-refractivity contribution in [2.75, 3.05) is 6.61 Å². The van der Waals surface area contributed by atoms with Gasteiger partial charge in [-0.3, -0.25) is 0 Å². The molecule has 9 heteroatoms. The Morgan fingerprint density at radius 1 is 0.955 bits per heavy atom. The lowest BCUT2D eigenvalue weighted by Gasteiger charge is -2.29. The summed E-state index contributed by atoms with van der Waals surface area (Å²) < 4.78 is 59.5. The van der Waals surface area contributed by atoms with Crippen LogP contribution in [0.1, 0.15) is 27.7 Å². The molecule has 0 amide bonds. The van der Waals surface area contributed by atoms with Crippen LogP contribution in [0.5, 0.6) is 0 Å². The Hall–Kier alpha value is -0.450. The highest BCUT2D eigenvalue weighted by atomic mass is 19.4. The molecular weight excluding hydrogens is 309 g/mol. The molecule has 0 aliphatic carbocycles. The number of hydrogen-bond acceptors (Lipinski definition) is 6. The van der Waals surface area contributed by atoms with E-state index in [4.69, 9.17) is 18.9 Å². The average Bonchev–Trinajstić information content (AvgIpc) is 2.86. The molecule has 0 saturated carbocycles. The molecule has 0 aromatic carbocycles.